The van der Waals surface area contributed by atoms with Crippen LogP contribution in [0, 0.1) is 11.8 Å². The van der Waals surface area contributed by atoms with Gasteiger partial charge in [0.2, 0.25) is 0 Å². The van der Waals surface area contributed by atoms with Gasteiger partial charge in [0.05, 0.1) is 5.92 Å². The molecule has 0 aromatic rings. The van der Waals surface area contributed by atoms with E-state index in [2.05, 4.69) is 0 Å². The Morgan fingerprint density at radius 3 is 1.45 bits per heavy atom. The molecule has 2 atom stereocenters. The molecule has 0 aromatic heterocycles. The highest BCUT2D eigenvalue weighted by Crippen LogP contribution is 2.32. The number of halogens is 4. The Hall–Kier alpha value is -0.280. The fourth-order valence-electron chi connectivity index (χ4n) is 0.758. The van der Waals surface area contributed by atoms with Crippen LogP contribution >= 0.6 is 0 Å². The van der Waals surface area contributed by atoms with Crippen LogP contribution in [0.25, 0.3) is 0 Å². The second kappa shape index (κ2) is 3.41. The Balaban J connectivity index is 4.13. The maximum atomic E-state index is 12.7. The standard InChI is InChI=1S/C7H12F4/c1-4(2)6(8)5(3)7(9,10)11/h4-6H,1-3H3/t5-,6-/m0/s1. The zero-order valence-corrected chi connectivity index (χ0v) is 6.74. The molecular formula is C7H12F4. The number of hydrogen-bond acceptors (Lipinski definition) is 0. The van der Waals surface area contributed by atoms with Crippen molar-refractivity contribution in [3.05, 3.63) is 0 Å². The minimum atomic E-state index is -4.41. The summed E-state index contributed by atoms with van der Waals surface area (Å²) in [5.74, 6) is -2.44. The molecule has 0 rings (SSSR count). The molecule has 0 fully saturated rings. The summed E-state index contributed by atoms with van der Waals surface area (Å²) in [4.78, 5) is 0. The van der Waals surface area contributed by atoms with Crippen molar-refractivity contribution in [3.8, 4) is 0 Å². The predicted molar refractivity (Wildman–Crippen MR) is 35.0 cm³/mol. The minimum Gasteiger partial charge on any atom is -0.247 e. The van der Waals surface area contributed by atoms with Gasteiger partial charge in [-0.2, -0.15) is 13.2 Å². The molecule has 0 saturated heterocycles. The van der Waals surface area contributed by atoms with Gasteiger partial charge in [0, 0.05) is 0 Å². The van der Waals surface area contributed by atoms with E-state index in [1.54, 1.807) is 0 Å². The molecule has 4 heteroatoms. The van der Waals surface area contributed by atoms with E-state index in [-0.39, 0.29) is 0 Å². The van der Waals surface area contributed by atoms with Crippen molar-refractivity contribution in [3.63, 3.8) is 0 Å². The van der Waals surface area contributed by atoms with E-state index in [1.165, 1.54) is 13.8 Å². The molecule has 0 N–H and O–H groups in total. The van der Waals surface area contributed by atoms with Crippen molar-refractivity contribution >= 4 is 0 Å². The van der Waals surface area contributed by atoms with Crippen LogP contribution in [0.15, 0.2) is 0 Å². The van der Waals surface area contributed by atoms with Gasteiger partial charge >= 0.3 is 6.18 Å². The average Bonchev–Trinajstić information content (AvgIpc) is 1.82. The quantitative estimate of drug-likeness (QED) is 0.561. The van der Waals surface area contributed by atoms with E-state index in [0.29, 0.717) is 0 Å². The number of rotatable bonds is 2. The largest absolute Gasteiger partial charge is 0.394 e. The van der Waals surface area contributed by atoms with Gasteiger partial charge in [0.25, 0.3) is 0 Å². The molecule has 0 radical (unpaired) electrons. The van der Waals surface area contributed by atoms with E-state index in [0.717, 1.165) is 6.92 Å². The number of alkyl halides is 4. The molecule has 0 aliphatic rings. The highest BCUT2D eigenvalue weighted by Gasteiger charge is 2.42. The summed E-state index contributed by atoms with van der Waals surface area (Å²) in [6, 6.07) is 0. The van der Waals surface area contributed by atoms with E-state index >= 15 is 0 Å². The summed E-state index contributed by atoms with van der Waals surface area (Å²) in [6.45, 7) is 3.74. The Morgan fingerprint density at radius 2 is 1.36 bits per heavy atom. The van der Waals surface area contributed by atoms with E-state index < -0.39 is 24.2 Å². The first kappa shape index (κ1) is 10.7. The molecule has 0 amide bonds. The fraction of sp³-hybridized carbons (Fsp3) is 1.00. The molecule has 0 unspecified atom stereocenters. The predicted octanol–water partition coefficient (Wildman–Crippen LogP) is 3.18. The van der Waals surface area contributed by atoms with Crippen LogP contribution in [0.1, 0.15) is 20.8 Å². The van der Waals surface area contributed by atoms with Crippen LogP contribution in [0.2, 0.25) is 0 Å². The number of hydrogen-bond donors (Lipinski definition) is 0. The van der Waals surface area contributed by atoms with Gasteiger partial charge in [-0.15, -0.1) is 0 Å². The molecule has 0 aliphatic carbocycles. The van der Waals surface area contributed by atoms with Crippen molar-refractivity contribution in [1.29, 1.82) is 0 Å². The van der Waals surface area contributed by atoms with Gasteiger partial charge in [-0.1, -0.05) is 20.8 Å². The lowest BCUT2D eigenvalue weighted by Crippen LogP contribution is -2.32. The van der Waals surface area contributed by atoms with Crippen molar-refractivity contribution in [2.24, 2.45) is 11.8 Å². The lowest BCUT2D eigenvalue weighted by atomic mass is 9.96. The first-order chi connectivity index (χ1) is 4.76. The molecule has 0 spiro atoms. The third-order valence-corrected chi connectivity index (χ3v) is 1.63. The van der Waals surface area contributed by atoms with Gasteiger partial charge in [-0.05, 0) is 5.92 Å². The molecule has 0 saturated carbocycles. The van der Waals surface area contributed by atoms with Gasteiger partial charge in [0.1, 0.15) is 6.17 Å². The zero-order valence-electron chi connectivity index (χ0n) is 6.74. The van der Waals surface area contributed by atoms with Crippen LogP contribution in [0.4, 0.5) is 17.6 Å². The topological polar surface area (TPSA) is 0 Å². The van der Waals surface area contributed by atoms with E-state index in [1.807, 2.05) is 0 Å². The zero-order chi connectivity index (χ0) is 9.23. The summed E-state index contributed by atoms with van der Waals surface area (Å²) in [7, 11) is 0. The molecule has 11 heavy (non-hydrogen) atoms. The maximum Gasteiger partial charge on any atom is 0.394 e. The van der Waals surface area contributed by atoms with Crippen LogP contribution in [-0.4, -0.2) is 12.3 Å². The van der Waals surface area contributed by atoms with E-state index in [9.17, 15) is 17.6 Å². The third-order valence-electron chi connectivity index (χ3n) is 1.63. The third kappa shape index (κ3) is 3.08. The minimum absolute atomic E-state index is 0.577. The SMILES string of the molecule is CC(C)[C@H](F)[C@H](C)C(F)(F)F. The summed E-state index contributed by atoms with van der Waals surface area (Å²) < 4.78 is 48.2. The van der Waals surface area contributed by atoms with Gasteiger partial charge < -0.3 is 0 Å². The molecular weight excluding hydrogens is 160 g/mol. The lowest BCUT2D eigenvalue weighted by molar-refractivity contribution is -0.189. The normalized spacial score (nSPS) is 18.5. The summed E-state index contributed by atoms with van der Waals surface area (Å²) in [5, 5.41) is 0. The smallest absolute Gasteiger partial charge is 0.247 e. The highest BCUT2D eigenvalue weighted by atomic mass is 19.4. The first-order valence-corrected chi connectivity index (χ1v) is 3.47. The highest BCUT2D eigenvalue weighted by molar-refractivity contribution is 4.73. The van der Waals surface area contributed by atoms with Crippen LogP contribution in [0.3, 0.4) is 0 Å². The van der Waals surface area contributed by atoms with E-state index in [4.69, 9.17) is 0 Å². The molecule has 0 nitrogen and oxygen atoms in total. The first-order valence-electron chi connectivity index (χ1n) is 3.47. The van der Waals surface area contributed by atoms with Gasteiger partial charge in [-0.3, -0.25) is 0 Å². The van der Waals surface area contributed by atoms with Gasteiger partial charge in [-0.25, -0.2) is 4.39 Å². The Bertz CT molecular complexity index is 116. The lowest BCUT2D eigenvalue weighted by Gasteiger charge is -2.22. The summed E-state index contributed by atoms with van der Waals surface area (Å²) in [5.41, 5.74) is 0. The van der Waals surface area contributed by atoms with Crippen molar-refractivity contribution in [2.45, 2.75) is 33.1 Å². The molecule has 68 valence electrons. The van der Waals surface area contributed by atoms with Crippen molar-refractivity contribution in [2.75, 3.05) is 0 Å². The fourth-order valence-corrected chi connectivity index (χ4v) is 0.758. The van der Waals surface area contributed by atoms with Crippen LogP contribution in [-0.2, 0) is 0 Å². The summed E-state index contributed by atoms with van der Waals surface area (Å²) in [6.07, 6.45) is -6.21. The Labute approximate surface area is 63.6 Å². The maximum absolute atomic E-state index is 12.7. The second-order valence-electron chi connectivity index (χ2n) is 3.02. The van der Waals surface area contributed by atoms with Crippen molar-refractivity contribution < 1.29 is 17.6 Å². The van der Waals surface area contributed by atoms with Gasteiger partial charge in [0.15, 0.2) is 0 Å². The Morgan fingerprint density at radius 1 is 1.00 bits per heavy atom. The Kier molecular flexibility index (Phi) is 3.32. The molecule has 0 aromatic carbocycles. The molecule has 0 aliphatic heterocycles. The summed E-state index contributed by atoms with van der Waals surface area (Å²) >= 11 is 0. The molecule has 0 bridgehead atoms. The van der Waals surface area contributed by atoms with Crippen LogP contribution in [0.5, 0.6) is 0 Å². The van der Waals surface area contributed by atoms with Crippen LogP contribution < -0.4 is 0 Å². The monoisotopic (exact) mass is 172 g/mol. The average molecular weight is 172 g/mol. The molecule has 0 heterocycles. The van der Waals surface area contributed by atoms with Crippen molar-refractivity contribution in [1.82, 2.24) is 0 Å². The second-order valence-corrected chi connectivity index (χ2v) is 3.02.